The number of benzene rings is 3. The maximum absolute atomic E-state index is 14.3. The van der Waals surface area contributed by atoms with Crippen LogP contribution in [0.3, 0.4) is 0 Å². The lowest BCUT2D eigenvalue weighted by Gasteiger charge is -2.33. The summed E-state index contributed by atoms with van der Waals surface area (Å²) in [4.78, 5) is 59.3. The van der Waals surface area contributed by atoms with Gasteiger partial charge < -0.3 is 10.2 Å². The Morgan fingerprint density at radius 3 is 1.97 bits per heavy atom. The molecule has 0 saturated carbocycles. The predicted molar refractivity (Wildman–Crippen MR) is 147 cm³/mol. The molecule has 2 aliphatic rings. The molecule has 5 rings (SSSR count). The lowest BCUT2D eigenvalue weighted by Crippen LogP contribution is -2.58. The van der Waals surface area contributed by atoms with Crippen LogP contribution in [-0.4, -0.2) is 76.6 Å². The molecule has 2 aliphatic heterocycles. The van der Waals surface area contributed by atoms with Gasteiger partial charge in [-0.3, -0.25) is 29.0 Å². The molecule has 1 fully saturated rings. The molecule has 0 aliphatic carbocycles. The van der Waals surface area contributed by atoms with E-state index in [1.807, 2.05) is 67.6 Å². The molecule has 3 aromatic rings. The van der Waals surface area contributed by atoms with Crippen molar-refractivity contribution in [3.63, 3.8) is 0 Å². The zero-order chi connectivity index (χ0) is 27.4. The predicted octanol–water partition coefficient (Wildman–Crippen LogP) is 2.74. The molecule has 39 heavy (non-hydrogen) atoms. The number of nitrogens with zero attached hydrogens (tertiary/aromatic N) is 3. The van der Waals surface area contributed by atoms with Gasteiger partial charge >= 0.3 is 0 Å². The summed E-state index contributed by atoms with van der Waals surface area (Å²) in [6.07, 6.45) is 0.325. The Hall–Kier alpha value is -4.30. The fraction of sp³-hybridized carbons (Fsp3) is 0.290. The van der Waals surface area contributed by atoms with Crippen molar-refractivity contribution in [2.24, 2.45) is 0 Å². The van der Waals surface area contributed by atoms with Gasteiger partial charge in [0.05, 0.1) is 11.1 Å². The van der Waals surface area contributed by atoms with Crippen molar-refractivity contribution in [3.05, 3.63) is 107 Å². The first-order chi connectivity index (χ1) is 19.0. The molecular weight excluding hydrogens is 492 g/mol. The SMILES string of the molecule is CCNC(=O)[C@H](Cc1ccccc1)N1CCN(Cc2ccccc2)C[C@H](N2C(=O)c3ccccc3C2=O)C1=O. The topological polar surface area (TPSA) is 90.0 Å². The van der Waals surface area contributed by atoms with Gasteiger partial charge in [-0.15, -0.1) is 0 Å². The third-order valence-corrected chi connectivity index (χ3v) is 7.34. The van der Waals surface area contributed by atoms with Gasteiger partial charge in [-0.2, -0.15) is 0 Å². The van der Waals surface area contributed by atoms with Gasteiger partial charge in [0.25, 0.3) is 11.8 Å². The number of hydrogen-bond acceptors (Lipinski definition) is 5. The molecule has 3 aromatic carbocycles. The largest absolute Gasteiger partial charge is 0.355 e. The average Bonchev–Trinajstić information content (AvgIpc) is 3.10. The van der Waals surface area contributed by atoms with E-state index in [0.717, 1.165) is 16.0 Å². The van der Waals surface area contributed by atoms with E-state index >= 15 is 0 Å². The second-order valence-electron chi connectivity index (χ2n) is 9.89. The zero-order valence-electron chi connectivity index (χ0n) is 22.0. The third kappa shape index (κ3) is 5.47. The van der Waals surface area contributed by atoms with Crippen LogP contribution in [0, 0.1) is 0 Å². The first-order valence-electron chi connectivity index (χ1n) is 13.3. The monoisotopic (exact) mass is 524 g/mol. The molecule has 0 aromatic heterocycles. The normalized spacial score (nSPS) is 18.6. The highest BCUT2D eigenvalue weighted by Gasteiger charge is 2.47. The summed E-state index contributed by atoms with van der Waals surface area (Å²) in [5, 5.41) is 2.88. The Morgan fingerprint density at radius 2 is 1.38 bits per heavy atom. The van der Waals surface area contributed by atoms with Crippen LogP contribution >= 0.6 is 0 Å². The number of likely N-dealkylation sites (N-methyl/N-ethyl adjacent to an activating group) is 1. The Bertz CT molecular complexity index is 1330. The maximum atomic E-state index is 14.3. The van der Waals surface area contributed by atoms with E-state index in [9.17, 15) is 19.2 Å². The summed E-state index contributed by atoms with van der Waals surface area (Å²) in [6, 6.07) is 24.2. The Labute approximate surface area is 228 Å². The van der Waals surface area contributed by atoms with E-state index in [2.05, 4.69) is 10.2 Å². The molecule has 8 heteroatoms. The maximum Gasteiger partial charge on any atom is 0.262 e. The van der Waals surface area contributed by atoms with Crippen molar-refractivity contribution in [2.75, 3.05) is 26.2 Å². The van der Waals surface area contributed by atoms with E-state index < -0.39 is 29.8 Å². The molecular formula is C31H32N4O4. The number of imide groups is 1. The lowest BCUT2D eigenvalue weighted by molar-refractivity contribution is -0.142. The number of fused-ring (bicyclic) bond motifs is 1. The highest BCUT2D eigenvalue weighted by atomic mass is 16.2. The number of amides is 4. The smallest absolute Gasteiger partial charge is 0.262 e. The Morgan fingerprint density at radius 1 is 0.821 bits per heavy atom. The van der Waals surface area contributed by atoms with Gasteiger partial charge in [-0.1, -0.05) is 72.8 Å². The van der Waals surface area contributed by atoms with E-state index in [4.69, 9.17) is 0 Å². The lowest BCUT2D eigenvalue weighted by atomic mass is 10.0. The molecule has 0 radical (unpaired) electrons. The van der Waals surface area contributed by atoms with E-state index in [1.54, 1.807) is 29.2 Å². The minimum absolute atomic E-state index is 0.184. The van der Waals surface area contributed by atoms with Crippen LogP contribution in [0.4, 0.5) is 0 Å². The third-order valence-electron chi connectivity index (χ3n) is 7.34. The number of rotatable bonds is 8. The quantitative estimate of drug-likeness (QED) is 0.458. The zero-order valence-corrected chi connectivity index (χ0v) is 22.0. The van der Waals surface area contributed by atoms with Gasteiger partial charge in [0.2, 0.25) is 11.8 Å². The first kappa shape index (κ1) is 26.3. The van der Waals surface area contributed by atoms with E-state index in [-0.39, 0.29) is 12.5 Å². The van der Waals surface area contributed by atoms with Crippen LogP contribution in [0.15, 0.2) is 84.9 Å². The van der Waals surface area contributed by atoms with Gasteiger partial charge in [0.15, 0.2) is 0 Å². The summed E-state index contributed by atoms with van der Waals surface area (Å²) in [7, 11) is 0. The van der Waals surface area contributed by atoms with Crippen molar-refractivity contribution in [1.82, 2.24) is 20.0 Å². The van der Waals surface area contributed by atoms with Gasteiger partial charge in [-0.25, -0.2) is 0 Å². The average molecular weight is 525 g/mol. The standard InChI is InChI=1S/C31H32N4O4/c1-2-32-28(36)26(19-22-11-5-3-6-12-22)34-18-17-33(20-23-13-7-4-8-14-23)21-27(31(34)39)35-29(37)24-15-9-10-16-25(24)30(35)38/h3-16,26-27H,2,17-21H2,1H3,(H,32,36)/t26-,27-/m0/s1. The number of nitrogens with one attached hydrogen (secondary N) is 1. The molecule has 0 unspecified atom stereocenters. The number of carbonyl (C=O) groups excluding carboxylic acids is 4. The molecule has 2 atom stereocenters. The Balaban J connectivity index is 1.51. The second-order valence-corrected chi connectivity index (χ2v) is 9.89. The summed E-state index contributed by atoms with van der Waals surface area (Å²) in [5.74, 6) is -1.61. The summed E-state index contributed by atoms with van der Waals surface area (Å²) in [6.45, 7) is 3.78. The molecule has 200 valence electrons. The highest BCUT2D eigenvalue weighted by Crippen LogP contribution is 2.28. The van der Waals surface area contributed by atoms with E-state index in [1.165, 1.54) is 0 Å². The van der Waals surface area contributed by atoms with E-state index in [0.29, 0.717) is 43.7 Å². The number of carbonyl (C=O) groups is 4. The molecule has 2 heterocycles. The molecule has 0 spiro atoms. The van der Waals surface area contributed by atoms with Crippen LogP contribution in [0.1, 0.15) is 38.8 Å². The van der Waals surface area contributed by atoms with Gasteiger partial charge in [0.1, 0.15) is 12.1 Å². The molecule has 8 nitrogen and oxygen atoms in total. The van der Waals surface area contributed by atoms with Crippen LogP contribution in [0.5, 0.6) is 0 Å². The molecule has 1 saturated heterocycles. The second kappa shape index (κ2) is 11.6. The molecule has 1 N–H and O–H groups in total. The van der Waals surface area contributed by atoms with Crippen LogP contribution in [0.2, 0.25) is 0 Å². The Kier molecular flexibility index (Phi) is 7.84. The van der Waals surface area contributed by atoms with Crippen molar-refractivity contribution >= 4 is 23.6 Å². The van der Waals surface area contributed by atoms with Crippen molar-refractivity contribution in [3.8, 4) is 0 Å². The van der Waals surface area contributed by atoms with Crippen molar-refractivity contribution < 1.29 is 19.2 Å². The summed E-state index contributed by atoms with van der Waals surface area (Å²) in [5.41, 5.74) is 2.57. The highest BCUT2D eigenvalue weighted by molar-refractivity contribution is 6.23. The van der Waals surface area contributed by atoms with Crippen LogP contribution < -0.4 is 5.32 Å². The van der Waals surface area contributed by atoms with Crippen molar-refractivity contribution in [1.29, 1.82) is 0 Å². The van der Waals surface area contributed by atoms with Crippen LogP contribution in [-0.2, 0) is 22.6 Å². The molecule has 4 amide bonds. The summed E-state index contributed by atoms with van der Waals surface area (Å²) >= 11 is 0. The fourth-order valence-corrected chi connectivity index (χ4v) is 5.42. The van der Waals surface area contributed by atoms with Gasteiger partial charge in [-0.05, 0) is 30.2 Å². The first-order valence-corrected chi connectivity index (χ1v) is 13.3. The minimum Gasteiger partial charge on any atom is -0.355 e. The number of hydrogen-bond donors (Lipinski definition) is 1. The summed E-state index contributed by atoms with van der Waals surface area (Å²) < 4.78 is 0. The van der Waals surface area contributed by atoms with Crippen molar-refractivity contribution in [2.45, 2.75) is 32.0 Å². The van der Waals surface area contributed by atoms with Gasteiger partial charge in [0, 0.05) is 39.1 Å². The minimum atomic E-state index is -1.06. The fourth-order valence-electron chi connectivity index (χ4n) is 5.42. The molecule has 0 bridgehead atoms. The van der Waals surface area contributed by atoms with Crippen LogP contribution in [0.25, 0.3) is 0 Å².